The maximum atomic E-state index is 12.4. The van der Waals surface area contributed by atoms with Crippen molar-refractivity contribution in [3.63, 3.8) is 0 Å². The molecule has 3 aliphatic heterocycles. The number of aliphatic hydroxyl groups is 8. The summed E-state index contributed by atoms with van der Waals surface area (Å²) in [6, 6.07) is -2.77. The molecule has 0 bridgehead atoms. The lowest BCUT2D eigenvalue weighted by Gasteiger charge is -2.49. The number of rotatable bonds is 13. The number of carbonyl (C=O) groups is 3. The van der Waals surface area contributed by atoms with Crippen LogP contribution in [0.15, 0.2) is 0 Å². The highest BCUT2D eigenvalue weighted by molar-refractivity contribution is 5.77. The van der Waals surface area contributed by atoms with Crippen LogP contribution in [0, 0.1) is 0 Å². The Morgan fingerprint density at radius 1 is 0.630 bits per heavy atom. The maximum Gasteiger partial charge on any atom is 0.222 e. The van der Waals surface area contributed by atoms with Gasteiger partial charge in [-0.3, -0.25) is 14.4 Å². The third-order valence-corrected chi connectivity index (χ3v) is 7.98. The average Bonchev–Trinajstić information content (AvgIpc) is 3.01. The third-order valence-electron chi connectivity index (χ3n) is 7.98. The summed E-state index contributed by atoms with van der Waals surface area (Å²) in [5.74, 6) is -1.69. The highest BCUT2D eigenvalue weighted by Crippen LogP contribution is 2.32. The molecule has 0 saturated carbocycles. The van der Waals surface area contributed by atoms with Crippen molar-refractivity contribution in [1.82, 2.24) is 16.0 Å². The monoisotopic (exact) mass is 669 g/mol. The molecule has 3 aliphatic rings. The number of amides is 3. The van der Waals surface area contributed by atoms with E-state index in [1.807, 2.05) is 6.92 Å². The topological polar surface area (TPSA) is 295 Å². The molecule has 0 aromatic heterocycles. The van der Waals surface area contributed by atoms with Crippen LogP contribution in [0.3, 0.4) is 0 Å². The Morgan fingerprint density at radius 3 is 1.67 bits per heavy atom. The molecular weight excluding hydrogens is 622 g/mol. The van der Waals surface area contributed by atoms with Crippen LogP contribution in [-0.2, 0) is 38.1 Å². The Bertz CT molecular complexity index is 1010. The first-order valence-corrected chi connectivity index (χ1v) is 15.1. The molecule has 266 valence electrons. The van der Waals surface area contributed by atoms with Crippen molar-refractivity contribution < 1.29 is 78.9 Å². The van der Waals surface area contributed by atoms with E-state index in [0.29, 0.717) is 6.42 Å². The second-order valence-electron chi connectivity index (χ2n) is 11.5. The Kier molecular flexibility index (Phi) is 14.4. The zero-order valence-electron chi connectivity index (χ0n) is 25.7. The summed E-state index contributed by atoms with van der Waals surface area (Å²) in [6.07, 6.45) is -19.2. The number of unbranched alkanes of at least 4 members (excludes halogenated alkanes) is 1. The molecule has 3 fully saturated rings. The molecule has 3 rings (SSSR count). The van der Waals surface area contributed by atoms with Gasteiger partial charge in [0.25, 0.3) is 0 Å². The van der Waals surface area contributed by atoms with E-state index < -0.39 is 129 Å². The largest absolute Gasteiger partial charge is 0.394 e. The van der Waals surface area contributed by atoms with Crippen LogP contribution in [0.1, 0.15) is 40.0 Å². The molecule has 19 heteroatoms. The second kappa shape index (κ2) is 17.3. The van der Waals surface area contributed by atoms with Crippen molar-refractivity contribution >= 4 is 17.7 Å². The minimum atomic E-state index is -1.86. The first-order chi connectivity index (χ1) is 21.8. The lowest BCUT2D eigenvalue weighted by molar-refractivity contribution is -0.358. The van der Waals surface area contributed by atoms with Crippen molar-refractivity contribution in [2.24, 2.45) is 0 Å². The predicted octanol–water partition coefficient (Wildman–Crippen LogP) is -5.97. The number of nitrogens with one attached hydrogen (secondary N) is 3. The molecule has 0 aliphatic carbocycles. The highest BCUT2D eigenvalue weighted by Gasteiger charge is 2.54. The normalized spacial score (nSPS) is 41.4. The molecule has 0 radical (unpaired) electrons. The molecule has 0 spiro atoms. The van der Waals surface area contributed by atoms with Crippen LogP contribution >= 0.6 is 0 Å². The van der Waals surface area contributed by atoms with Gasteiger partial charge in [0.05, 0.1) is 19.8 Å². The van der Waals surface area contributed by atoms with Crippen LogP contribution in [0.4, 0.5) is 0 Å². The number of aliphatic hydroxyl groups excluding tert-OH is 8. The first-order valence-electron chi connectivity index (χ1n) is 15.1. The van der Waals surface area contributed by atoms with Crippen molar-refractivity contribution in [2.75, 3.05) is 19.8 Å². The lowest BCUT2D eigenvalue weighted by atomic mass is 9.93. The molecule has 3 amide bonds. The standard InChI is InChI=1S/C27H47N3O16/c1-4-5-6-15(36)30-25-16(28-10(2)34)19(38)23(13(8-32)42-25)45-26-17(29-11(3)35)20(39)24(14(9-33)44-26)46-27-22(41)21(40)18(37)12(7-31)43-27/h12-14,16-27,31-33,37-41H,4-9H2,1-3H3,(H,28,34)(H,29,35)(H,30,36)/t12?,13?,14?,16?,17?,18-,19+,20+,21-,22?,23-,24-,25+,26-,27-/m0/s1. The number of hydrogen-bond donors (Lipinski definition) is 11. The fraction of sp³-hybridized carbons (Fsp3) is 0.889. The van der Waals surface area contributed by atoms with E-state index in [1.54, 1.807) is 0 Å². The van der Waals surface area contributed by atoms with Crippen molar-refractivity contribution in [3.05, 3.63) is 0 Å². The summed E-state index contributed by atoms with van der Waals surface area (Å²) in [6.45, 7) is 1.83. The Labute approximate surface area is 264 Å². The van der Waals surface area contributed by atoms with Gasteiger partial charge < -0.3 is 80.5 Å². The van der Waals surface area contributed by atoms with Crippen LogP contribution in [0.5, 0.6) is 0 Å². The summed E-state index contributed by atoms with van der Waals surface area (Å²) >= 11 is 0. The van der Waals surface area contributed by atoms with Crippen molar-refractivity contribution in [1.29, 1.82) is 0 Å². The molecule has 3 heterocycles. The van der Waals surface area contributed by atoms with Gasteiger partial charge in [-0.15, -0.1) is 0 Å². The molecule has 46 heavy (non-hydrogen) atoms. The minimum absolute atomic E-state index is 0.143. The minimum Gasteiger partial charge on any atom is -0.394 e. The Morgan fingerprint density at radius 2 is 1.13 bits per heavy atom. The van der Waals surface area contributed by atoms with E-state index in [2.05, 4.69) is 16.0 Å². The summed E-state index contributed by atoms with van der Waals surface area (Å²) < 4.78 is 28.6. The number of ether oxygens (including phenoxy) is 5. The summed E-state index contributed by atoms with van der Waals surface area (Å²) in [5, 5.41) is 90.6. The van der Waals surface area contributed by atoms with E-state index in [1.165, 1.54) is 6.92 Å². The smallest absolute Gasteiger partial charge is 0.222 e. The predicted molar refractivity (Wildman–Crippen MR) is 150 cm³/mol. The lowest BCUT2D eigenvalue weighted by Crippen LogP contribution is -2.71. The molecule has 0 aromatic rings. The van der Waals surface area contributed by atoms with Gasteiger partial charge in [-0.05, 0) is 6.42 Å². The molecule has 0 aromatic carbocycles. The summed E-state index contributed by atoms with van der Waals surface area (Å²) in [7, 11) is 0. The van der Waals surface area contributed by atoms with Crippen LogP contribution in [0.25, 0.3) is 0 Å². The van der Waals surface area contributed by atoms with Crippen LogP contribution in [0.2, 0.25) is 0 Å². The van der Waals surface area contributed by atoms with Crippen molar-refractivity contribution in [2.45, 2.75) is 132 Å². The molecule has 11 N–H and O–H groups in total. The van der Waals surface area contributed by atoms with Gasteiger partial charge in [-0.2, -0.15) is 0 Å². The molecule has 19 nitrogen and oxygen atoms in total. The Hall–Kier alpha value is -2.11. The molecule has 6 unspecified atom stereocenters. The SMILES string of the molecule is CCCCC(=O)N[C@@H]1OC(CO)[C@H](O[C@@H]2OC(CO)[C@H](O[C@@H]3OC(CO)[C@H](O)[C@H](O)C3O)[C@H](O)C2NC(C)=O)[C@H](O)C1NC(C)=O. The number of hydrogen-bond acceptors (Lipinski definition) is 16. The van der Waals surface area contributed by atoms with Gasteiger partial charge >= 0.3 is 0 Å². The van der Waals surface area contributed by atoms with Crippen LogP contribution in [-0.4, -0.2) is 170 Å². The average molecular weight is 670 g/mol. The zero-order chi connectivity index (χ0) is 34.3. The summed E-state index contributed by atoms with van der Waals surface area (Å²) in [4.78, 5) is 36.6. The van der Waals surface area contributed by atoms with E-state index >= 15 is 0 Å². The van der Waals surface area contributed by atoms with Gasteiger partial charge in [0.2, 0.25) is 17.7 Å². The maximum absolute atomic E-state index is 12.4. The first kappa shape index (κ1) is 38.3. The molecule has 3 saturated heterocycles. The van der Waals surface area contributed by atoms with E-state index in [-0.39, 0.29) is 6.42 Å². The summed E-state index contributed by atoms with van der Waals surface area (Å²) in [5.41, 5.74) is 0. The van der Waals surface area contributed by atoms with E-state index in [9.17, 15) is 55.2 Å². The van der Waals surface area contributed by atoms with E-state index in [0.717, 1.165) is 13.3 Å². The third kappa shape index (κ3) is 9.07. The second-order valence-corrected chi connectivity index (χ2v) is 11.5. The zero-order valence-corrected chi connectivity index (χ0v) is 25.7. The molecular formula is C27H47N3O16. The number of carbonyl (C=O) groups excluding carboxylic acids is 3. The van der Waals surface area contributed by atoms with E-state index in [4.69, 9.17) is 23.7 Å². The quantitative estimate of drug-likeness (QED) is 0.0870. The van der Waals surface area contributed by atoms with Gasteiger partial charge in [-0.1, -0.05) is 13.3 Å². The Balaban J connectivity index is 1.86. The molecule has 15 atom stereocenters. The van der Waals surface area contributed by atoms with Gasteiger partial charge in [0.1, 0.15) is 73.1 Å². The highest BCUT2D eigenvalue weighted by atomic mass is 16.7. The van der Waals surface area contributed by atoms with Crippen LogP contribution < -0.4 is 16.0 Å². The van der Waals surface area contributed by atoms with Crippen molar-refractivity contribution in [3.8, 4) is 0 Å². The van der Waals surface area contributed by atoms with Gasteiger partial charge in [-0.25, -0.2) is 0 Å². The fourth-order valence-electron chi connectivity index (χ4n) is 5.59. The fourth-order valence-corrected chi connectivity index (χ4v) is 5.59. The van der Waals surface area contributed by atoms with Gasteiger partial charge in [0, 0.05) is 20.3 Å². The van der Waals surface area contributed by atoms with Gasteiger partial charge in [0.15, 0.2) is 18.8 Å².